The van der Waals surface area contributed by atoms with Crippen molar-refractivity contribution in [3.63, 3.8) is 0 Å². The van der Waals surface area contributed by atoms with E-state index in [0.717, 1.165) is 11.3 Å². The summed E-state index contributed by atoms with van der Waals surface area (Å²) in [5, 5.41) is 9.10. The van der Waals surface area contributed by atoms with Gasteiger partial charge in [-0.1, -0.05) is 12.1 Å². The predicted molar refractivity (Wildman–Crippen MR) is 55.7 cm³/mol. The highest BCUT2D eigenvalue weighted by Gasteiger charge is 2.40. The summed E-state index contributed by atoms with van der Waals surface area (Å²) in [5.41, 5.74) is 0.588. The molecule has 1 fully saturated rings. The third kappa shape index (κ3) is 1.69. The van der Waals surface area contributed by atoms with Crippen LogP contribution in [0, 0.1) is 11.3 Å². The summed E-state index contributed by atoms with van der Waals surface area (Å²) in [6.07, 6.45) is 0. The lowest BCUT2D eigenvalue weighted by atomic mass is 9.80. The highest BCUT2D eigenvalue weighted by Crippen LogP contribution is 2.32. The number of nitrogens with zero attached hydrogens (tertiary/aromatic N) is 1. The van der Waals surface area contributed by atoms with Gasteiger partial charge in [-0.2, -0.15) is 5.26 Å². The summed E-state index contributed by atoms with van der Waals surface area (Å²) in [4.78, 5) is 0. The summed E-state index contributed by atoms with van der Waals surface area (Å²) < 4.78 is 10.5. The molecule has 1 aromatic rings. The molecule has 3 nitrogen and oxygen atoms in total. The van der Waals surface area contributed by atoms with Crippen molar-refractivity contribution in [2.24, 2.45) is 0 Å². The molecule has 78 valence electrons. The van der Waals surface area contributed by atoms with Gasteiger partial charge in [-0.25, -0.2) is 0 Å². The summed E-state index contributed by atoms with van der Waals surface area (Å²) in [6.45, 7) is 3.60. The number of hydrogen-bond acceptors (Lipinski definition) is 3. The fraction of sp³-hybridized carbons (Fsp3) is 0.417. The first-order valence-electron chi connectivity index (χ1n) is 5.03. The lowest BCUT2D eigenvalue weighted by molar-refractivity contribution is -0.0298. The zero-order valence-electron chi connectivity index (χ0n) is 8.69. The molecule has 0 amide bonds. The summed E-state index contributed by atoms with van der Waals surface area (Å²) in [7, 11) is 0. The van der Waals surface area contributed by atoms with Crippen LogP contribution in [0.4, 0.5) is 0 Å². The largest absolute Gasteiger partial charge is 0.494 e. The van der Waals surface area contributed by atoms with Crippen molar-refractivity contribution in [1.82, 2.24) is 0 Å². The van der Waals surface area contributed by atoms with Crippen LogP contribution in [-0.4, -0.2) is 19.8 Å². The molecule has 1 heterocycles. The molecule has 0 saturated carbocycles. The second-order valence-electron chi connectivity index (χ2n) is 3.64. The highest BCUT2D eigenvalue weighted by molar-refractivity contribution is 5.38. The Morgan fingerprint density at radius 1 is 1.40 bits per heavy atom. The molecule has 0 N–H and O–H groups in total. The van der Waals surface area contributed by atoms with Gasteiger partial charge in [0.2, 0.25) is 0 Å². The smallest absolute Gasteiger partial charge is 0.129 e. The molecule has 1 saturated heterocycles. The summed E-state index contributed by atoms with van der Waals surface area (Å²) in [5.74, 6) is 0.842. The van der Waals surface area contributed by atoms with Crippen LogP contribution in [0.3, 0.4) is 0 Å². The van der Waals surface area contributed by atoms with Gasteiger partial charge in [0, 0.05) is 0 Å². The van der Waals surface area contributed by atoms with E-state index >= 15 is 0 Å². The Bertz CT molecular complexity index is 374. The van der Waals surface area contributed by atoms with E-state index in [2.05, 4.69) is 6.07 Å². The SMILES string of the molecule is CCOc1ccc(C2(C#N)COC2)cc1. The first kappa shape index (κ1) is 10.0. The number of benzene rings is 1. The van der Waals surface area contributed by atoms with Gasteiger partial charge >= 0.3 is 0 Å². The molecule has 15 heavy (non-hydrogen) atoms. The Labute approximate surface area is 89.2 Å². The minimum atomic E-state index is -0.426. The zero-order valence-corrected chi connectivity index (χ0v) is 8.69. The van der Waals surface area contributed by atoms with Crippen LogP contribution in [0.1, 0.15) is 12.5 Å². The first-order chi connectivity index (χ1) is 7.30. The Hall–Kier alpha value is -1.53. The van der Waals surface area contributed by atoms with Crippen LogP contribution in [-0.2, 0) is 10.2 Å². The van der Waals surface area contributed by atoms with Gasteiger partial charge in [0.25, 0.3) is 0 Å². The standard InChI is InChI=1S/C12H13NO2/c1-2-15-11-5-3-10(4-6-11)12(7-13)8-14-9-12/h3-6H,2,8-9H2,1H3. The Kier molecular flexibility index (Phi) is 2.61. The lowest BCUT2D eigenvalue weighted by Crippen LogP contribution is -2.45. The maximum atomic E-state index is 9.10. The van der Waals surface area contributed by atoms with Crippen molar-refractivity contribution in [2.75, 3.05) is 19.8 Å². The maximum absolute atomic E-state index is 9.10. The normalized spacial score (nSPS) is 17.6. The van der Waals surface area contributed by atoms with Gasteiger partial charge in [0.05, 0.1) is 25.9 Å². The van der Waals surface area contributed by atoms with Crippen LogP contribution in [0.5, 0.6) is 5.75 Å². The molecule has 3 heteroatoms. The van der Waals surface area contributed by atoms with Crippen LogP contribution in [0.15, 0.2) is 24.3 Å². The van der Waals surface area contributed by atoms with E-state index in [-0.39, 0.29) is 0 Å². The summed E-state index contributed by atoms with van der Waals surface area (Å²) >= 11 is 0. The van der Waals surface area contributed by atoms with Gasteiger partial charge in [0.1, 0.15) is 11.2 Å². The van der Waals surface area contributed by atoms with Crippen molar-refractivity contribution in [2.45, 2.75) is 12.3 Å². The van der Waals surface area contributed by atoms with E-state index in [9.17, 15) is 0 Å². The molecule has 2 rings (SSSR count). The Morgan fingerprint density at radius 2 is 2.07 bits per heavy atom. The van der Waals surface area contributed by atoms with Crippen molar-refractivity contribution < 1.29 is 9.47 Å². The van der Waals surface area contributed by atoms with E-state index in [4.69, 9.17) is 14.7 Å². The topological polar surface area (TPSA) is 42.2 Å². The molecular formula is C12H13NO2. The molecule has 1 aliphatic heterocycles. The third-order valence-corrected chi connectivity index (χ3v) is 2.63. The van der Waals surface area contributed by atoms with E-state index in [1.165, 1.54) is 0 Å². The third-order valence-electron chi connectivity index (χ3n) is 2.63. The molecule has 0 bridgehead atoms. The molecule has 0 spiro atoms. The molecule has 0 aromatic heterocycles. The molecule has 0 atom stereocenters. The lowest BCUT2D eigenvalue weighted by Gasteiger charge is -2.35. The minimum absolute atomic E-state index is 0.426. The first-order valence-corrected chi connectivity index (χ1v) is 5.03. The van der Waals surface area contributed by atoms with E-state index in [1.54, 1.807) is 0 Å². The van der Waals surface area contributed by atoms with Gasteiger partial charge in [-0.15, -0.1) is 0 Å². The molecule has 1 aliphatic rings. The number of hydrogen-bond donors (Lipinski definition) is 0. The van der Waals surface area contributed by atoms with Gasteiger partial charge in [0.15, 0.2) is 0 Å². The van der Waals surface area contributed by atoms with Gasteiger partial charge < -0.3 is 9.47 Å². The monoisotopic (exact) mass is 203 g/mol. The molecule has 0 unspecified atom stereocenters. The highest BCUT2D eigenvalue weighted by atomic mass is 16.5. The van der Waals surface area contributed by atoms with Gasteiger partial charge in [-0.05, 0) is 24.6 Å². The molecule has 1 aromatic carbocycles. The predicted octanol–water partition coefficient (Wildman–Crippen LogP) is 1.88. The number of rotatable bonds is 3. The quantitative estimate of drug-likeness (QED) is 0.753. The van der Waals surface area contributed by atoms with E-state index in [0.29, 0.717) is 19.8 Å². The van der Waals surface area contributed by atoms with Crippen LogP contribution in [0.2, 0.25) is 0 Å². The molecule has 0 radical (unpaired) electrons. The van der Waals surface area contributed by atoms with Crippen LogP contribution >= 0.6 is 0 Å². The molecule has 0 aliphatic carbocycles. The van der Waals surface area contributed by atoms with E-state index in [1.807, 2.05) is 31.2 Å². The van der Waals surface area contributed by atoms with Crippen LogP contribution in [0.25, 0.3) is 0 Å². The van der Waals surface area contributed by atoms with E-state index < -0.39 is 5.41 Å². The average molecular weight is 203 g/mol. The second-order valence-corrected chi connectivity index (χ2v) is 3.64. The van der Waals surface area contributed by atoms with Crippen molar-refractivity contribution in [3.05, 3.63) is 29.8 Å². The molecular weight excluding hydrogens is 190 g/mol. The van der Waals surface area contributed by atoms with Crippen LogP contribution < -0.4 is 4.74 Å². The minimum Gasteiger partial charge on any atom is -0.494 e. The maximum Gasteiger partial charge on any atom is 0.129 e. The Morgan fingerprint density at radius 3 is 2.47 bits per heavy atom. The zero-order chi connectivity index (χ0) is 10.7. The van der Waals surface area contributed by atoms with Crippen molar-refractivity contribution in [1.29, 1.82) is 5.26 Å². The Balaban J connectivity index is 2.20. The fourth-order valence-electron chi connectivity index (χ4n) is 1.64. The average Bonchev–Trinajstić information content (AvgIpc) is 2.20. The fourth-order valence-corrected chi connectivity index (χ4v) is 1.64. The second kappa shape index (κ2) is 3.92. The number of nitriles is 1. The van der Waals surface area contributed by atoms with Crippen molar-refractivity contribution in [3.8, 4) is 11.8 Å². The number of ether oxygens (including phenoxy) is 2. The van der Waals surface area contributed by atoms with Gasteiger partial charge in [-0.3, -0.25) is 0 Å². The summed E-state index contributed by atoms with van der Waals surface area (Å²) in [6, 6.07) is 10.00. The van der Waals surface area contributed by atoms with Crippen molar-refractivity contribution >= 4 is 0 Å².